The van der Waals surface area contributed by atoms with Gasteiger partial charge in [0.15, 0.2) is 17.4 Å². The van der Waals surface area contributed by atoms with Gasteiger partial charge in [-0.2, -0.15) is 0 Å². The maximum Gasteiger partial charge on any atom is 0.196 e. The molecule has 0 bridgehead atoms. The molecule has 1 aliphatic rings. The van der Waals surface area contributed by atoms with Crippen molar-refractivity contribution < 1.29 is 18.3 Å². The molecule has 2 aromatic carbocycles. The van der Waals surface area contributed by atoms with Gasteiger partial charge in [-0.1, -0.05) is 18.2 Å². The second-order valence-electron chi connectivity index (χ2n) is 4.46. The van der Waals surface area contributed by atoms with Crippen molar-refractivity contribution in [2.45, 2.75) is 0 Å². The predicted molar refractivity (Wildman–Crippen MR) is 70.6 cm³/mol. The second kappa shape index (κ2) is 4.89. The first kappa shape index (κ1) is 12.5. The zero-order valence-electron chi connectivity index (χ0n) is 10.4. The lowest BCUT2D eigenvalue weighted by atomic mass is 9.98. The van der Waals surface area contributed by atoms with Crippen molar-refractivity contribution in [3.63, 3.8) is 0 Å². The van der Waals surface area contributed by atoms with Gasteiger partial charge in [0.1, 0.15) is 12.4 Å². The first-order valence-electron chi connectivity index (χ1n) is 6.07. The SMILES string of the molecule is O=C1/C(=C/c2ccc(F)c(F)c2)COc2ccccc21. The van der Waals surface area contributed by atoms with Crippen LogP contribution in [0.5, 0.6) is 5.75 Å². The van der Waals surface area contributed by atoms with Crippen LogP contribution in [0.2, 0.25) is 0 Å². The van der Waals surface area contributed by atoms with Gasteiger partial charge in [-0.15, -0.1) is 0 Å². The minimum Gasteiger partial charge on any atom is -0.488 e. The molecule has 4 heteroatoms. The third kappa shape index (κ3) is 2.20. The van der Waals surface area contributed by atoms with E-state index in [1.165, 1.54) is 12.1 Å². The highest BCUT2D eigenvalue weighted by atomic mass is 19.2. The van der Waals surface area contributed by atoms with Crippen LogP contribution in [0.4, 0.5) is 8.78 Å². The van der Waals surface area contributed by atoms with E-state index in [-0.39, 0.29) is 12.4 Å². The number of carbonyl (C=O) groups excluding carboxylic acids is 1. The summed E-state index contributed by atoms with van der Waals surface area (Å²) in [5, 5.41) is 0. The lowest BCUT2D eigenvalue weighted by Crippen LogP contribution is -2.18. The average molecular weight is 272 g/mol. The number of hydrogen-bond donors (Lipinski definition) is 0. The summed E-state index contributed by atoms with van der Waals surface area (Å²) in [5.41, 5.74) is 1.32. The van der Waals surface area contributed by atoms with Crippen molar-refractivity contribution in [3.8, 4) is 5.75 Å². The molecule has 2 nitrogen and oxygen atoms in total. The van der Waals surface area contributed by atoms with Crippen molar-refractivity contribution >= 4 is 11.9 Å². The third-order valence-corrected chi connectivity index (χ3v) is 3.09. The molecule has 0 N–H and O–H groups in total. The van der Waals surface area contributed by atoms with Gasteiger partial charge in [-0.05, 0) is 35.9 Å². The fraction of sp³-hybridized carbons (Fsp3) is 0.0625. The molecule has 0 saturated carbocycles. The molecule has 100 valence electrons. The number of fused-ring (bicyclic) bond motifs is 1. The zero-order chi connectivity index (χ0) is 14.1. The van der Waals surface area contributed by atoms with Gasteiger partial charge in [-0.25, -0.2) is 8.78 Å². The summed E-state index contributed by atoms with van der Waals surface area (Å²) in [4.78, 5) is 12.3. The van der Waals surface area contributed by atoms with Gasteiger partial charge in [0.25, 0.3) is 0 Å². The summed E-state index contributed by atoms with van der Waals surface area (Å²) in [5.74, 6) is -1.47. The van der Waals surface area contributed by atoms with E-state index < -0.39 is 11.6 Å². The second-order valence-corrected chi connectivity index (χ2v) is 4.46. The molecule has 0 aromatic heterocycles. The van der Waals surface area contributed by atoms with Crippen LogP contribution >= 0.6 is 0 Å². The van der Waals surface area contributed by atoms with E-state index in [9.17, 15) is 13.6 Å². The molecule has 0 fully saturated rings. The molecule has 1 aliphatic heterocycles. The van der Waals surface area contributed by atoms with Gasteiger partial charge in [0.05, 0.1) is 5.56 Å². The van der Waals surface area contributed by atoms with E-state index in [4.69, 9.17) is 4.74 Å². The Morgan fingerprint density at radius 2 is 1.85 bits per heavy atom. The molecule has 2 aromatic rings. The molecule has 0 radical (unpaired) electrons. The highest BCUT2D eigenvalue weighted by molar-refractivity contribution is 6.14. The van der Waals surface area contributed by atoms with Gasteiger partial charge >= 0.3 is 0 Å². The van der Waals surface area contributed by atoms with E-state index in [0.29, 0.717) is 22.4 Å². The number of rotatable bonds is 1. The number of ether oxygens (including phenoxy) is 1. The predicted octanol–water partition coefficient (Wildman–Crippen LogP) is 3.62. The lowest BCUT2D eigenvalue weighted by molar-refractivity contribution is 0.100. The van der Waals surface area contributed by atoms with E-state index in [1.807, 2.05) is 0 Å². The molecule has 0 saturated heterocycles. The van der Waals surface area contributed by atoms with Gasteiger partial charge in [0.2, 0.25) is 0 Å². The quantitative estimate of drug-likeness (QED) is 0.741. The summed E-state index contributed by atoms with van der Waals surface area (Å²) in [6.07, 6.45) is 1.51. The van der Waals surface area contributed by atoms with Crippen molar-refractivity contribution in [3.05, 3.63) is 70.8 Å². The zero-order valence-corrected chi connectivity index (χ0v) is 10.4. The number of carbonyl (C=O) groups is 1. The number of benzene rings is 2. The Morgan fingerprint density at radius 1 is 1.05 bits per heavy atom. The molecule has 3 rings (SSSR count). The van der Waals surface area contributed by atoms with E-state index in [2.05, 4.69) is 0 Å². The fourth-order valence-electron chi connectivity index (χ4n) is 2.08. The van der Waals surface area contributed by atoms with Crippen LogP contribution in [0.3, 0.4) is 0 Å². The van der Waals surface area contributed by atoms with Crippen LogP contribution in [0.25, 0.3) is 6.08 Å². The average Bonchev–Trinajstić information content (AvgIpc) is 2.46. The molecule has 0 spiro atoms. The van der Waals surface area contributed by atoms with E-state index in [0.717, 1.165) is 12.1 Å². The standard InChI is InChI=1S/C16H10F2O2/c17-13-6-5-10(8-14(13)18)7-11-9-20-15-4-2-1-3-12(15)16(11)19/h1-8H,9H2/b11-7+. The van der Waals surface area contributed by atoms with Crippen molar-refractivity contribution in [2.24, 2.45) is 0 Å². The Kier molecular flexibility index (Phi) is 3.06. The maximum absolute atomic E-state index is 13.1. The Labute approximate surface area is 114 Å². The Hall–Kier alpha value is -2.49. The molecule has 20 heavy (non-hydrogen) atoms. The Balaban J connectivity index is 1.97. The Morgan fingerprint density at radius 3 is 2.65 bits per heavy atom. The maximum atomic E-state index is 13.1. The largest absolute Gasteiger partial charge is 0.488 e. The van der Waals surface area contributed by atoms with Crippen LogP contribution < -0.4 is 4.74 Å². The van der Waals surface area contributed by atoms with E-state index in [1.54, 1.807) is 24.3 Å². The molecule has 0 aliphatic carbocycles. The van der Waals surface area contributed by atoms with Crippen LogP contribution in [0, 0.1) is 11.6 Å². The van der Waals surface area contributed by atoms with Crippen LogP contribution in [-0.4, -0.2) is 12.4 Å². The minimum atomic E-state index is -0.941. The summed E-state index contributed by atoms with van der Waals surface area (Å²) >= 11 is 0. The first-order chi connectivity index (χ1) is 9.65. The summed E-state index contributed by atoms with van der Waals surface area (Å²) in [6, 6.07) is 10.4. The van der Waals surface area contributed by atoms with Crippen LogP contribution in [0.15, 0.2) is 48.0 Å². The normalized spacial score (nSPS) is 15.9. The van der Waals surface area contributed by atoms with Crippen LogP contribution in [-0.2, 0) is 0 Å². The first-order valence-corrected chi connectivity index (χ1v) is 6.07. The molecule has 1 heterocycles. The number of halogens is 2. The highest BCUT2D eigenvalue weighted by Crippen LogP contribution is 2.27. The highest BCUT2D eigenvalue weighted by Gasteiger charge is 2.22. The van der Waals surface area contributed by atoms with Crippen molar-refractivity contribution in [2.75, 3.05) is 6.61 Å². The van der Waals surface area contributed by atoms with Gasteiger partial charge < -0.3 is 4.74 Å². The van der Waals surface area contributed by atoms with Crippen molar-refractivity contribution in [1.29, 1.82) is 0 Å². The van der Waals surface area contributed by atoms with Gasteiger partial charge in [-0.3, -0.25) is 4.79 Å². The lowest BCUT2D eigenvalue weighted by Gasteiger charge is -2.18. The molecular formula is C16H10F2O2. The number of para-hydroxylation sites is 1. The monoisotopic (exact) mass is 272 g/mol. The number of hydrogen-bond acceptors (Lipinski definition) is 2. The topological polar surface area (TPSA) is 26.3 Å². The van der Waals surface area contributed by atoms with Crippen molar-refractivity contribution in [1.82, 2.24) is 0 Å². The molecule has 0 atom stereocenters. The third-order valence-electron chi connectivity index (χ3n) is 3.09. The molecular weight excluding hydrogens is 262 g/mol. The molecule has 0 amide bonds. The number of Topliss-reactive ketones (excluding diaryl/α,β-unsaturated/α-hetero) is 1. The summed E-state index contributed by atoms with van der Waals surface area (Å²) < 4.78 is 31.5. The smallest absolute Gasteiger partial charge is 0.196 e. The van der Waals surface area contributed by atoms with Crippen LogP contribution in [0.1, 0.15) is 15.9 Å². The van der Waals surface area contributed by atoms with Gasteiger partial charge in [0, 0.05) is 5.57 Å². The fourth-order valence-corrected chi connectivity index (χ4v) is 2.08. The summed E-state index contributed by atoms with van der Waals surface area (Å²) in [6.45, 7) is 0.120. The number of ketones is 1. The summed E-state index contributed by atoms with van der Waals surface area (Å²) in [7, 11) is 0. The minimum absolute atomic E-state index is 0.120. The Bertz CT molecular complexity index is 720. The van der Waals surface area contributed by atoms with E-state index >= 15 is 0 Å². The molecule has 0 unspecified atom stereocenters.